The van der Waals surface area contributed by atoms with Gasteiger partial charge in [0.2, 0.25) is 0 Å². The summed E-state index contributed by atoms with van der Waals surface area (Å²) in [5, 5.41) is 1.22. The van der Waals surface area contributed by atoms with E-state index in [1.807, 2.05) is 11.8 Å². The van der Waals surface area contributed by atoms with E-state index >= 15 is 0 Å². The van der Waals surface area contributed by atoms with Gasteiger partial charge < -0.3 is 0 Å². The van der Waals surface area contributed by atoms with Crippen LogP contribution in [0, 0.1) is 0 Å². The summed E-state index contributed by atoms with van der Waals surface area (Å²) in [5.74, 6) is 0. The molecule has 0 aliphatic carbocycles. The number of allylic oxidation sites excluding steroid dienone is 1. The lowest BCUT2D eigenvalue weighted by Gasteiger charge is -2.15. The van der Waals surface area contributed by atoms with Crippen LogP contribution in [0.3, 0.4) is 0 Å². The zero-order valence-corrected chi connectivity index (χ0v) is 8.24. The summed E-state index contributed by atoms with van der Waals surface area (Å²) >= 11 is 1.82. The van der Waals surface area contributed by atoms with Crippen molar-refractivity contribution in [2.75, 3.05) is 0 Å². The third-order valence-electron chi connectivity index (χ3n) is 1.77. The van der Waals surface area contributed by atoms with E-state index in [0.29, 0.717) is 6.04 Å². The van der Waals surface area contributed by atoms with Crippen molar-refractivity contribution in [2.45, 2.75) is 39.7 Å². The molecule has 0 aromatic heterocycles. The molecule has 0 saturated carbocycles. The Morgan fingerprint density at radius 3 is 2.82 bits per heavy atom. The zero-order chi connectivity index (χ0) is 8.27. The van der Waals surface area contributed by atoms with Gasteiger partial charge in [0, 0.05) is 0 Å². The van der Waals surface area contributed by atoms with Gasteiger partial charge in [0.25, 0.3) is 0 Å². The van der Waals surface area contributed by atoms with E-state index in [4.69, 9.17) is 0 Å². The van der Waals surface area contributed by atoms with Crippen LogP contribution in [0.2, 0.25) is 0 Å². The molecule has 0 aromatic carbocycles. The van der Waals surface area contributed by atoms with Gasteiger partial charge in [-0.1, -0.05) is 31.7 Å². The molecule has 1 atom stereocenters. The molecular weight excluding hydrogens is 154 g/mol. The molecule has 0 amide bonds. The fourth-order valence-electron chi connectivity index (χ4n) is 1.13. The van der Waals surface area contributed by atoms with E-state index in [2.05, 4.69) is 31.8 Å². The molecule has 0 saturated heterocycles. The van der Waals surface area contributed by atoms with E-state index in [-0.39, 0.29) is 0 Å². The molecule has 1 aliphatic rings. The van der Waals surface area contributed by atoms with Crippen molar-refractivity contribution in [2.24, 2.45) is 4.99 Å². The molecule has 2 heteroatoms. The smallest absolute Gasteiger partial charge is 0.0697 e. The SMILES string of the molecule is CCC1=CC(CC)N=C(C)S1. The minimum Gasteiger partial charge on any atom is -0.275 e. The summed E-state index contributed by atoms with van der Waals surface area (Å²) < 4.78 is 0. The second kappa shape index (κ2) is 3.96. The predicted molar refractivity (Wildman–Crippen MR) is 53.2 cm³/mol. The summed E-state index contributed by atoms with van der Waals surface area (Å²) in [4.78, 5) is 5.98. The summed E-state index contributed by atoms with van der Waals surface area (Å²) in [5.41, 5.74) is 0. The largest absolute Gasteiger partial charge is 0.275 e. The molecule has 1 heterocycles. The van der Waals surface area contributed by atoms with Crippen LogP contribution >= 0.6 is 11.8 Å². The van der Waals surface area contributed by atoms with E-state index < -0.39 is 0 Å². The maximum absolute atomic E-state index is 4.50. The van der Waals surface area contributed by atoms with Crippen molar-refractivity contribution in [3.8, 4) is 0 Å². The van der Waals surface area contributed by atoms with E-state index in [1.165, 1.54) is 9.95 Å². The third kappa shape index (κ3) is 2.37. The molecular formula is C9H15NS. The summed E-state index contributed by atoms with van der Waals surface area (Å²) in [7, 11) is 0. The molecule has 0 N–H and O–H groups in total. The van der Waals surface area contributed by atoms with Crippen LogP contribution in [-0.2, 0) is 0 Å². The molecule has 1 unspecified atom stereocenters. The number of rotatable bonds is 2. The fraction of sp³-hybridized carbons (Fsp3) is 0.667. The Morgan fingerprint density at radius 2 is 2.27 bits per heavy atom. The lowest BCUT2D eigenvalue weighted by molar-refractivity contribution is 0.779. The highest BCUT2D eigenvalue weighted by molar-refractivity contribution is 8.17. The highest BCUT2D eigenvalue weighted by Gasteiger charge is 2.10. The fourth-order valence-corrected chi connectivity index (χ4v) is 2.07. The zero-order valence-electron chi connectivity index (χ0n) is 7.42. The molecule has 1 aliphatic heterocycles. The highest BCUT2D eigenvalue weighted by Crippen LogP contribution is 2.27. The van der Waals surface area contributed by atoms with Crippen molar-refractivity contribution in [1.82, 2.24) is 0 Å². The molecule has 62 valence electrons. The van der Waals surface area contributed by atoms with Crippen LogP contribution in [0.1, 0.15) is 33.6 Å². The molecule has 1 rings (SSSR count). The second-order valence-electron chi connectivity index (χ2n) is 2.71. The quantitative estimate of drug-likeness (QED) is 0.618. The van der Waals surface area contributed by atoms with E-state index in [9.17, 15) is 0 Å². The first kappa shape index (κ1) is 8.85. The lowest BCUT2D eigenvalue weighted by Crippen LogP contribution is -2.06. The maximum Gasteiger partial charge on any atom is 0.0697 e. The molecule has 11 heavy (non-hydrogen) atoms. The Bertz CT molecular complexity index is 194. The first-order valence-corrected chi connectivity index (χ1v) is 5.00. The number of aliphatic imine (C=N–C) groups is 1. The Labute approximate surface area is 73.0 Å². The number of nitrogens with zero attached hydrogens (tertiary/aromatic N) is 1. The van der Waals surface area contributed by atoms with Crippen LogP contribution in [0.5, 0.6) is 0 Å². The van der Waals surface area contributed by atoms with Gasteiger partial charge >= 0.3 is 0 Å². The number of hydrogen-bond acceptors (Lipinski definition) is 2. The molecule has 0 spiro atoms. The Balaban J connectivity index is 2.66. The van der Waals surface area contributed by atoms with Crippen molar-refractivity contribution in [3.05, 3.63) is 11.0 Å². The topological polar surface area (TPSA) is 12.4 Å². The van der Waals surface area contributed by atoms with Crippen LogP contribution in [0.25, 0.3) is 0 Å². The maximum atomic E-state index is 4.50. The van der Waals surface area contributed by atoms with Gasteiger partial charge in [0.1, 0.15) is 0 Å². The molecule has 0 radical (unpaired) electrons. The Kier molecular flexibility index (Phi) is 3.18. The van der Waals surface area contributed by atoms with Crippen LogP contribution in [-0.4, -0.2) is 11.1 Å². The average Bonchev–Trinajstić information content (AvgIpc) is 2.03. The molecule has 0 fully saturated rings. The minimum absolute atomic E-state index is 0.450. The predicted octanol–water partition coefficient (Wildman–Crippen LogP) is 3.22. The van der Waals surface area contributed by atoms with Crippen molar-refractivity contribution in [1.29, 1.82) is 0 Å². The van der Waals surface area contributed by atoms with Gasteiger partial charge in [0.05, 0.1) is 11.1 Å². The van der Waals surface area contributed by atoms with Gasteiger partial charge in [-0.3, -0.25) is 4.99 Å². The van der Waals surface area contributed by atoms with Crippen molar-refractivity contribution >= 4 is 16.8 Å². The van der Waals surface area contributed by atoms with E-state index in [0.717, 1.165) is 12.8 Å². The number of thioether (sulfide) groups is 1. The van der Waals surface area contributed by atoms with Crippen molar-refractivity contribution in [3.63, 3.8) is 0 Å². The van der Waals surface area contributed by atoms with Gasteiger partial charge in [-0.2, -0.15) is 0 Å². The Morgan fingerprint density at radius 1 is 1.55 bits per heavy atom. The summed E-state index contributed by atoms with van der Waals surface area (Å²) in [6, 6.07) is 0.450. The minimum atomic E-state index is 0.450. The van der Waals surface area contributed by atoms with Crippen LogP contribution in [0.4, 0.5) is 0 Å². The monoisotopic (exact) mass is 169 g/mol. The lowest BCUT2D eigenvalue weighted by atomic mass is 10.2. The normalized spacial score (nSPS) is 24.5. The molecule has 0 bridgehead atoms. The third-order valence-corrected chi connectivity index (χ3v) is 2.86. The average molecular weight is 169 g/mol. The Hall–Kier alpha value is -0.240. The van der Waals surface area contributed by atoms with Gasteiger partial charge in [0.15, 0.2) is 0 Å². The standard InChI is InChI=1S/C9H15NS/c1-4-8-6-9(5-2)11-7(3)10-8/h6,8H,4-5H2,1-3H3. The summed E-state index contributed by atoms with van der Waals surface area (Å²) in [6.45, 7) is 6.47. The summed E-state index contributed by atoms with van der Waals surface area (Å²) in [6.07, 6.45) is 4.56. The van der Waals surface area contributed by atoms with Gasteiger partial charge in [-0.15, -0.1) is 0 Å². The second-order valence-corrected chi connectivity index (χ2v) is 4.03. The molecule has 1 nitrogen and oxygen atoms in total. The van der Waals surface area contributed by atoms with Crippen LogP contribution in [0.15, 0.2) is 16.0 Å². The van der Waals surface area contributed by atoms with Crippen LogP contribution < -0.4 is 0 Å². The van der Waals surface area contributed by atoms with Crippen molar-refractivity contribution < 1.29 is 0 Å². The first-order valence-electron chi connectivity index (χ1n) is 4.19. The van der Waals surface area contributed by atoms with Gasteiger partial charge in [-0.25, -0.2) is 0 Å². The van der Waals surface area contributed by atoms with E-state index in [1.54, 1.807) is 0 Å². The molecule has 0 aromatic rings. The first-order chi connectivity index (χ1) is 5.26. The highest BCUT2D eigenvalue weighted by atomic mass is 32.2. The number of hydrogen-bond donors (Lipinski definition) is 0. The van der Waals surface area contributed by atoms with Gasteiger partial charge in [-0.05, 0) is 24.7 Å².